The summed E-state index contributed by atoms with van der Waals surface area (Å²) in [5.41, 5.74) is 0. The molecule has 0 saturated carbocycles. The number of hydrogen-bond donors (Lipinski definition) is 1. The average Bonchev–Trinajstić information content (AvgIpc) is 2.28. The van der Waals surface area contributed by atoms with Gasteiger partial charge in [-0.25, -0.2) is 4.98 Å². The topological polar surface area (TPSA) is 43.4 Å². The van der Waals surface area contributed by atoms with Gasteiger partial charge in [-0.05, 0) is 35.0 Å². The van der Waals surface area contributed by atoms with E-state index < -0.39 is 0 Å². The minimum absolute atomic E-state index is 0.0951. The predicted molar refractivity (Wildman–Crippen MR) is 64.6 cm³/mol. The average molecular weight is 287 g/mol. The highest BCUT2D eigenvalue weighted by atomic mass is 79.9. The summed E-state index contributed by atoms with van der Waals surface area (Å²) in [7, 11) is 0. The molecule has 1 saturated heterocycles. The summed E-state index contributed by atoms with van der Waals surface area (Å²) in [6.07, 6.45) is 2.05. The second-order valence-corrected chi connectivity index (χ2v) is 4.68. The maximum Gasteiger partial charge on any atom is 0.228 e. The Morgan fingerprint density at radius 2 is 2.50 bits per heavy atom. The molecule has 88 valence electrons. The Labute approximate surface area is 103 Å². The summed E-state index contributed by atoms with van der Waals surface area (Å²) in [6.45, 7) is 4.31. The molecule has 2 rings (SSSR count). The number of hydrogen-bond acceptors (Lipinski definition) is 4. The molecule has 2 heterocycles. The van der Waals surface area contributed by atoms with Crippen LogP contribution in [0.4, 0.5) is 0 Å². The first kappa shape index (κ1) is 11.8. The molecule has 0 bridgehead atoms. The van der Waals surface area contributed by atoms with Crippen LogP contribution in [0.25, 0.3) is 0 Å². The molecule has 1 aliphatic heterocycles. The second kappa shape index (κ2) is 5.61. The van der Waals surface area contributed by atoms with Crippen molar-refractivity contribution >= 4 is 15.9 Å². The number of nitrogens with zero attached hydrogens (tertiary/aromatic N) is 1. The van der Waals surface area contributed by atoms with E-state index in [0.717, 1.165) is 17.6 Å². The fourth-order valence-electron chi connectivity index (χ4n) is 1.62. The molecular weight excluding hydrogens is 272 g/mol. The van der Waals surface area contributed by atoms with Crippen LogP contribution in [0.2, 0.25) is 0 Å². The summed E-state index contributed by atoms with van der Waals surface area (Å²) in [6, 6.07) is 3.77. The summed E-state index contributed by atoms with van der Waals surface area (Å²) < 4.78 is 12.2. The quantitative estimate of drug-likeness (QED) is 0.917. The van der Waals surface area contributed by atoms with Crippen LogP contribution in [0.15, 0.2) is 22.8 Å². The molecule has 1 aromatic rings. The Kier molecular flexibility index (Phi) is 4.15. The van der Waals surface area contributed by atoms with Gasteiger partial charge in [0.25, 0.3) is 0 Å². The van der Waals surface area contributed by atoms with E-state index in [0.29, 0.717) is 12.5 Å². The lowest BCUT2D eigenvalue weighted by Gasteiger charge is -2.28. The third kappa shape index (κ3) is 3.17. The van der Waals surface area contributed by atoms with Gasteiger partial charge in [0.05, 0.1) is 10.6 Å². The van der Waals surface area contributed by atoms with E-state index in [4.69, 9.17) is 9.47 Å². The van der Waals surface area contributed by atoms with Gasteiger partial charge in [0.1, 0.15) is 12.7 Å². The Balaban J connectivity index is 1.85. The summed E-state index contributed by atoms with van der Waals surface area (Å²) in [4.78, 5) is 4.14. The standard InChI is InChI=1S/C11H15BrN2O2/c1-8-5-13-6-9(16-8)7-15-11-10(12)3-2-4-14-11/h2-4,8-9,13H,5-7H2,1H3. The number of pyridine rings is 1. The fraction of sp³-hybridized carbons (Fsp3) is 0.545. The van der Waals surface area contributed by atoms with Crippen molar-refractivity contribution in [2.45, 2.75) is 19.1 Å². The first-order valence-corrected chi connectivity index (χ1v) is 6.14. The largest absolute Gasteiger partial charge is 0.474 e. The molecule has 16 heavy (non-hydrogen) atoms. The number of halogens is 1. The predicted octanol–water partition coefficient (Wildman–Crippen LogP) is 1.60. The van der Waals surface area contributed by atoms with Gasteiger partial charge in [-0.3, -0.25) is 0 Å². The van der Waals surface area contributed by atoms with Gasteiger partial charge in [0.15, 0.2) is 0 Å². The van der Waals surface area contributed by atoms with Crippen molar-refractivity contribution in [3.8, 4) is 5.88 Å². The first-order valence-electron chi connectivity index (χ1n) is 5.35. The monoisotopic (exact) mass is 286 g/mol. The summed E-state index contributed by atoms with van der Waals surface area (Å²) in [5, 5.41) is 3.30. The van der Waals surface area contributed by atoms with Crippen LogP contribution in [0.5, 0.6) is 5.88 Å². The van der Waals surface area contributed by atoms with Crippen molar-refractivity contribution < 1.29 is 9.47 Å². The Hall–Kier alpha value is -0.650. The van der Waals surface area contributed by atoms with Crippen molar-refractivity contribution in [2.75, 3.05) is 19.7 Å². The van der Waals surface area contributed by atoms with E-state index in [9.17, 15) is 0 Å². The zero-order chi connectivity index (χ0) is 11.4. The van der Waals surface area contributed by atoms with Crippen LogP contribution in [0, 0.1) is 0 Å². The highest BCUT2D eigenvalue weighted by Gasteiger charge is 2.19. The maximum absolute atomic E-state index is 5.72. The lowest BCUT2D eigenvalue weighted by molar-refractivity contribution is -0.0477. The van der Waals surface area contributed by atoms with E-state index in [1.807, 2.05) is 12.1 Å². The molecule has 2 atom stereocenters. The van der Waals surface area contributed by atoms with Crippen LogP contribution >= 0.6 is 15.9 Å². The Morgan fingerprint density at radius 1 is 1.62 bits per heavy atom. The van der Waals surface area contributed by atoms with Gasteiger partial charge in [-0.15, -0.1) is 0 Å². The minimum Gasteiger partial charge on any atom is -0.474 e. The number of aromatic nitrogens is 1. The molecule has 0 radical (unpaired) electrons. The Morgan fingerprint density at radius 3 is 3.25 bits per heavy atom. The van der Waals surface area contributed by atoms with Gasteiger partial charge in [0.2, 0.25) is 5.88 Å². The van der Waals surface area contributed by atoms with Gasteiger partial charge < -0.3 is 14.8 Å². The zero-order valence-electron chi connectivity index (χ0n) is 9.15. The number of morpholine rings is 1. The first-order chi connectivity index (χ1) is 7.75. The molecule has 0 amide bonds. The maximum atomic E-state index is 5.72. The minimum atomic E-state index is 0.0951. The SMILES string of the molecule is CC1CNCC(COc2ncccc2Br)O1. The Bertz CT molecular complexity index is 349. The van der Waals surface area contributed by atoms with Crippen LogP contribution < -0.4 is 10.1 Å². The number of ether oxygens (including phenoxy) is 2. The van der Waals surface area contributed by atoms with E-state index in [2.05, 4.69) is 33.2 Å². The van der Waals surface area contributed by atoms with Gasteiger partial charge in [-0.1, -0.05) is 0 Å². The van der Waals surface area contributed by atoms with Crippen LogP contribution in [-0.2, 0) is 4.74 Å². The molecule has 2 unspecified atom stereocenters. The molecule has 0 spiro atoms. The van der Waals surface area contributed by atoms with Crippen molar-refractivity contribution in [1.29, 1.82) is 0 Å². The molecular formula is C11H15BrN2O2. The fourth-order valence-corrected chi connectivity index (χ4v) is 1.99. The lowest BCUT2D eigenvalue weighted by atomic mass is 10.2. The van der Waals surface area contributed by atoms with Crippen molar-refractivity contribution in [2.24, 2.45) is 0 Å². The zero-order valence-corrected chi connectivity index (χ0v) is 10.7. The van der Waals surface area contributed by atoms with E-state index in [1.54, 1.807) is 6.20 Å². The van der Waals surface area contributed by atoms with Crippen LogP contribution in [-0.4, -0.2) is 36.9 Å². The second-order valence-electron chi connectivity index (χ2n) is 3.83. The van der Waals surface area contributed by atoms with E-state index >= 15 is 0 Å². The number of nitrogens with one attached hydrogen (secondary N) is 1. The van der Waals surface area contributed by atoms with Gasteiger partial charge in [0, 0.05) is 19.3 Å². The van der Waals surface area contributed by atoms with Crippen molar-refractivity contribution in [1.82, 2.24) is 10.3 Å². The molecule has 0 aromatic carbocycles. The molecule has 1 fully saturated rings. The van der Waals surface area contributed by atoms with Crippen molar-refractivity contribution in [3.05, 3.63) is 22.8 Å². The van der Waals surface area contributed by atoms with Crippen molar-refractivity contribution in [3.63, 3.8) is 0 Å². The third-order valence-electron chi connectivity index (χ3n) is 2.36. The molecule has 0 aliphatic carbocycles. The molecule has 1 N–H and O–H groups in total. The molecule has 4 nitrogen and oxygen atoms in total. The normalized spacial score (nSPS) is 25.4. The highest BCUT2D eigenvalue weighted by Crippen LogP contribution is 2.21. The van der Waals surface area contributed by atoms with Gasteiger partial charge >= 0.3 is 0 Å². The number of rotatable bonds is 3. The molecule has 1 aliphatic rings. The van der Waals surface area contributed by atoms with E-state index in [1.165, 1.54) is 0 Å². The molecule has 1 aromatic heterocycles. The van der Waals surface area contributed by atoms with E-state index in [-0.39, 0.29) is 12.2 Å². The lowest BCUT2D eigenvalue weighted by Crippen LogP contribution is -2.45. The summed E-state index contributed by atoms with van der Waals surface area (Å²) in [5.74, 6) is 0.615. The molecule has 5 heteroatoms. The smallest absolute Gasteiger partial charge is 0.228 e. The third-order valence-corrected chi connectivity index (χ3v) is 2.96. The van der Waals surface area contributed by atoms with Crippen LogP contribution in [0.1, 0.15) is 6.92 Å². The van der Waals surface area contributed by atoms with Crippen LogP contribution in [0.3, 0.4) is 0 Å². The van der Waals surface area contributed by atoms with Gasteiger partial charge in [-0.2, -0.15) is 0 Å². The highest BCUT2D eigenvalue weighted by molar-refractivity contribution is 9.10. The summed E-state index contributed by atoms with van der Waals surface area (Å²) >= 11 is 3.39.